The van der Waals surface area contributed by atoms with Gasteiger partial charge in [-0.1, -0.05) is 6.07 Å². The van der Waals surface area contributed by atoms with Gasteiger partial charge in [-0.05, 0) is 50.3 Å². The molecule has 4 heterocycles. The quantitative estimate of drug-likeness (QED) is 0.583. The Kier molecular flexibility index (Phi) is 4.88. The van der Waals surface area contributed by atoms with Crippen LogP contribution in [0.2, 0.25) is 0 Å². The topological polar surface area (TPSA) is 109 Å². The number of halogens is 1. The van der Waals surface area contributed by atoms with Crippen LogP contribution >= 0.6 is 0 Å². The molecule has 2 aliphatic heterocycles. The van der Waals surface area contributed by atoms with E-state index in [1.54, 1.807) is 12.1 Å². The van der Waals surface area contributed by atoms with Crippen LogP contribution in [-0.4, -0.2) is 68.4 Å². The van der Waals surface area contributed by atoms with Crippen LogP contribution in [0, 0.1) is 0 Å². The highest BCUT2D eigenvalue weighted by Crippen LogP contribution is 2.38. The van der Waals surface area contributed by atoms with E-state index in [2.05, 4.69) is 37.6 Å². The lowest BCUT2D eigenvalue weighted by molar-refractivity contribution is 0.0607. The first-order chi connectivity index (χ1) is 17.5. The maximum absolute atomic E-state index is 15.3. The van der Waals surface area contributed by atoms with Crippen LogP contribution < -0.4 is 15.0 Å². The van der Waals surface area contributed by atoms with Crippen molar-refractivity contribution >= 4 is 5.82 Å². The van der Waals surface area contributed by atoms with E-state index in [0.717, 1.165) is 19.3 Å². The summed E-state index contributed by atoms with van der Waals surface area (Å²) in [4.78, 5) is 6.19. The molecule has 9 nitrogen and oxygen atoms in total. The van der Waals surface area contributed by atoms with Crippen LogP contribution in [0.5, 0.6) is 11.6 Å². The van der Waals surface area contributed by atoms with Crippen molar-refractivity contribution in [3.05, 3.63) is 36.7 Å². The number of methoxy groups -OCH3 is 1. The minimum Gasteiger partial charge on any atom is -0.507 e. The third-order valence-corrected chi connectivity index (χ3v) is 6.91. The molecule has 2 aliphatic rings. The lowest BCUT2D eigenvalue weighted by Gasteiger charge is -2.51. The molecule has 178 valence electrons. The van der Waals surface area contributed by atoms with E-state index >= 15 is 4.39 Å². The Morgan fingerprint density at radius 3 is 2.88 bits per heavy atom. The van der Waals surface area contributed by atoms with Crippen LogP contribution in [0.1, 0.15) is 36.7 Å². The van der Waals surface area contributed by atoms with Gasteiger partial charge in [-0.2, -0.15) is 5.10 Å². The van der Waals surface area contributed by atoms with Crippen molar-refractivity contribution in [3.8, 4) is 34.1 Å². The van der Waals surface area contributed by atoms with Crippen molar-refractivity contribution < 1.29 is 18.3 Å². The normalized spacial score (nSPS) is 27.9. The Labute approximate surface area is 201 Å². The van der Waals surface area contributed by atoms with Crippen LogP contribution in [-0.2, 0) is 0 Å². The molecule has 3 aromatic rings. The molecule has 0 amide bonds. The zero-order valence-electron chi connectivity index (χ0n) is 21.9. The van der Waals surface area contributed by atoms with Crippen molar-refractivity contribution in [2.75, 3.05) is 19.0 Å². The highest BCUT2D eigenvalue weighted by Gasteiger charge is 2.47. The number of ether oxygens (including phenoxy) is 1. The molecular formula is C24H28FN7O2. The zero-order chi connectivity index (χ0) is 26.4. The van der Waals surface area contributed by atoms with Crippen molar-refractivity contribution in [1.82, 2.24) is 30.7 Å². The minimum atomic E-state index is -2.65. The number of phenolic OH excluding ortho intramolecular Hbond substituents is 1. The number of rotatable bonds is 5. The van der Waals surface area contributed by atoms with E-state index in [0.29, 0.717) is 28.9 Å². The molecule has 2 saturated heterocycles. The predicted molar refractivity (Wildman–Crippen MR) is 125 cm³/mol. The van der Waals surface area contributed by atoms with E-state index in [-0.39, 0.29) is 35.1 Å². The zero-order valence-corrected chi connectivity index (χ0v) is 18.9. The summed E-state index contributed by atoms with van der Waals surface area (Å²) in [6.45, 7) is 2.15. The summed E-state index contributed by atoms with van der Waals surface area (Å²) in [6, 6.07) is 5.74. The molecule has 5 rings (SSSR count). The second-order valence-electron chi connectivity index (χ2n) is 9.29. The van der Waals surface area contributed by atoms with Gasteiger partial charge in [0, 0.05) is 30.3 Å². The van der Waals surface area contributed by atoms with Crippen molar-refractivity contribution in [2.24, 2.45) is 0 Å². The van der Waals surface area contributed by atoms with Gasteiger partial charge in [0.15, 0.2) is 11.6 Å². The number of fused-ring (bicyclic) bond motifs is 2. The first-order valence-electron chi connectivity index (χ1n) is 12.7. The fourth-order valence-corrected chi connectivity index (χ4v) is 5.08. The smallest absolute Gasteiger partial charge is 0.233 e. The van der Waals surface area contributed by atoms with Crippen LogP contribution in [0.4, 0.5) is 10.2 Å². The van der Waals surface area contributed by atoms with Gasteiger partial charge in [0.1, 0.15) is 11.9 Å². The Hall–Kier alpha value is -3.40. The largest absolute Gasteiger partial charge is 0.507 e. The van der Waals surface area contributed by atoms with E-state index < -0.39 is 13.2 Å². The third kappa shape index (κ3) is 4.13. The molecule has 10 heteroatoms. The molecule has 0 radical (unpaired) electrons. The Bertz CT molecular complexity index is 1280. The molecule has 34 heavy (non-hydrogen) atoms. The lowest BCUT2D eigenvalue weighted by atomic mass is 9.74. The van der Waals surface area contributed by atoms with Crippen molar-refractivity contribution in [3.63, 3.8) is 0 Å². The van der Waals surface area contributed by atoms with E-state index in [4.69, 9.17) is 8.85 Å². The maximum atomic E-state index is 15.3. The number of piperidine rings is 2. The van der Waals surface area contributed by atoms with Gasteiger partial charge >= 0.3 is 0 Å². The molecular weight excluding hydrogens is 437 g/mol. The maximum Gasteiger partial charge on any atom is 0.233 e. The minimum absolute atomic E-state index is 0.0945. The number of nitrogens with zero attached hydrogens (tertiary/aromatic N) is 6. The van der Waals surface area contributed by atoms with E-state index in [1.165, 1.54) is 24.5 Å². The van der Waals surface area contributed by atoms with Crippen molar-refractivity contribution in [1.29, 1.82) is 0 Å². The van der Waals surface area contributed by atoms with Gasteiger partial charge < -0.3 is 20.1 Å². The number of hydrogen-bond acceptors (Lipinski definition) is 9. The summed E-state index contributed by atoms with van der Waals surface area (Å²) in [5.41, 5.74) is 1.34. The van der Waals surface area contributed by atoms with Gasteiger partial charge in [0.25, 0.3) is 0 Å². The molecule has 2 fully saturated rings. The predicted octanol–water partition coefficient (Wildman–Crippen LogP) is 3.16. The fourth-order valence-electron chi connectivity index (χ4n) is 5.08. The molecule has 2 aromatic heterocycles. The Morgan fingerprint density at radius 2 is 2.12 bits per heavy atom. The van der Waals surface area contributed by atoms with Gasteiger partial charge in [0.05, 0.1) is 35.1 Å². The van der Waals surface area contributed by atoms with E-state index in [1.807, 2.05) is 11.9 Å². The number of benzene rings is 1. The molecule has 0 unspecified atom stereocenters. The highest BCUT2D eigenvalue weighted by molar-refractivity contribution is 5.72. The summed E-state index contributed by atoms with van der Waals surface area (Å²) >= 11 is 0. The molecule has 0 saturated carbocycles. The standard InChI is InChI=1S/C24H28FN7O2/c1-24-8-4-5-17(28-24)22(25)18(11-24)32(2)20-13-26-23(31-29-20)16-7-6-14(9-19(16)33)15-10-21(34-3)30-27-12-15/h6-7,9-10,12-13,17-18,22,28,33H,4-5,8,11H2,1-3H3/t17-,18-,22+,24-/m0/s1/i3D3. The average molecular weight is 469 g/mol. The second-order valence-corrected chi connectivity index (χ2v) is 9.29. The number of aromatic nitrogens is 5. The number of hydrogen-bond donors (Lipinski definition) is 2. The van der Waals surface area contributed by atoms with Crippen LogP contribution in [0.15, 0.2) is 36.7 Å². The summed E-state index contributed by atoms with van der Waals surface area (Å²) in [5, 5.41) is 30.0. The summed E-state index contributed by atoms with van der Waals surface area (Å²) in [6.07, 6.45) is 5.47. The van der Waals surface area contributed by atoms with Gasteiger partial charge in [-0.25, -0.2) is 9.37 Å². The Morgan fingerprint density at radius 1 is 1.24 bits per heavy atom. The summed E-state index contributed by atoms with van der Waals surface area (Å²) < 4.78 is 41.7. The lowest BCUT2D eigenvalue weighted by Crippen LogP contribution is -2.66. The van der Waals surface area contributed by atoms with Crippen LogP contribution in [0.25, 0.3) is 22.5 Å². The monoisotopic (exact) mass is 468 g/mol. The highest BCUT2D eigenvalue weighted by atomic mass is 19.1. The second kappa shape index (κ2) is 8.75. The molecule has 1 aromatic carbocycles. The van der Waals surface area contributed by atoms with Gasteiger partial charge in [0.2, 0.25) is 5.88 Å². The SMILES string of the molecule is [2H]C([2H])([2H])Oc1cc(-c2ccc(-c3ncc(N(C)[C@H]4C[C@]5(C)CCC[C@H](N5)[C@H]4F)nn3)c(O)c2)cnn1. The molecule has 0 spiro atoms. The van der Waals surface area contributed by atoms with Gasteiger partial charge in [-0.15, -0.1) is 15.3 Å². The molecule has 2 N–H and O–H groups in total. The average Bonchev–Trinajstić information content (AvgIpc) is 2.85. The number of anilines is 1. The number of nitrogens with one attached hydrogen (secondary N) is 1. The number of aromatic hydroxyl groups is 1. The van der Waals surface area contributed by atoms with Crippen molar-refractivity contribution in [2.45, 2.75) is 56.4 Å². The third-order valence-electron chi connectivity index (χ3n) is 6.91. The molecule has 4 atom stereocenters. The number of alkyl halides is 1. The first kappa shape index (κ1) is 19.0. The Balaban J connectivity index is 1.34. The van der Waals surface area contributed by atoms with E-state index in [9.17, 15) is 5.11 Å². The fraction of sp³-hybridized carbons (Fsp3) is 0.458. The van der Waals surface area contributed by atoms with Gasteiger partial charge in [-0.3, -0.25) is 0 Å². The molecule has 2 bridgehead atoms. The summed E-state index contributed by atoms with van der Waals surface area (Å²) in [5.74, 6) is 0.417. The molecule has 0 aliphatic carbocycles. The first-order valence-corrected chi connectivity index (χ1v) is 11.2. The number of phenols is 1. The summed E-state index contributed by atoms with van der Waals surface area (Å²) in [7, 11) is -0.841. The van der Waals surface area contributed by atoms with Crippen LogP contribution in [0.3, 0.4) is 0 Å².